The number of ether oxygens (including phenoxy) is 1. The molecular weight excluding hydrogens is 579 g/mol. The maximum atomic E-state index is 11.4. The van der Waals surface area contributed by atoms with Crippen LogP contribution in [0.15, 0.2) is 60.9 Å². The second-order valence-corrected chi connectivity index (χ2v) is 10.6. The first-order valence-electron chi connectivity index (χ1n) is 13.5. The van der Waals surface area contributed by atoms with Gasteiger partial charge in [-0.2, -0.15) is 5.10 Å². The summed E-state index contributed by atoms with van der Waals surface area (Å²) in [6.07, 6.45) is 3.84. The molecule has 10 nitrogen and oxygen atoms in total. The molecule has 0 unspecified atom stereocenters. The van der Waals surface area contributed by atoms with Crippen molar-refractivity contribution in [2.45, 2.75) is 32.0 Å². The van der Waals surface area contributed by atoms with Gasteiger partial charge >= 0.3 is 6.09 Å². The van der Waals surface area contributed by atoms with Crippen LogP contribution in [-0.2, 0) is 17.9 Å². The summed E-state index contributed by atoms with van der Waals surface area (Å²) in [5.74, 6) is 0.587. The van der Waals surface area contributed by atoms with Gasteiger partial charge in [0.2, 0.25) is 11.8 Å². The number of pyridine rings is 1. The lowest BCUT2D eigenvalue weighted by atomic mass is 9.97. The predicted molar refractivity (Wildman–Crippen MR) is 162 cm³/mol. The number of carbonyl (C=O) groups is 2. The zero-order chi connectivity index (χ0) is 29.6. The van der Waals surface area contributed by atoms with Gasteiger partial charge in [-0.1, -0.05) is 65.7 Å². The molecule has 4 aromatic rings. The molecule has 2 amide bonds. The largest absolute Gasteiger partial charge is 0.481 e. The monoisotopic (exact) mass is 608 g/mol. The smallest absolute Gasteiger partial charge is 0.404 e. The number of methoxy groups -OCH3 is 1. The Morgan fingerprint density at radius 3 is 2.50 bits per heavy atom. The number of rotatable bonds is 11. The minimum Gasteiger partial charge on any atom is -0.481 e. The third-order valence-electron chi connectivity index (χ3n) is 7.05. The second kappa shape index (κ2) is 13.2. The number of benzene rings is 2. The number of nitrogens with one attached hydrogen (secondary N) is 3. The number of aromatic nitrogens is 3. The number of hydrogen-bond acceptors (Lipinski definition) is 6. The summed E-state index contributed by atoms with van der Waals surface area (Å²) >= 11 is 13.9. The van der Waals surface area contributed by atoms with Gasteiger partial charge in [0.05, 0.1) is 35.6 Å². The number of hydrogen-bond donors (Lipinski definition) is 4. The van der Waals surface area contributed by atoms with Gasteiger partial charge < -0.3 is 25.8 Å². The summed E-state index contributed by atoms with van der Waals surface area (Å²) in [6, 6.07) is 15.5. The molecule has 0 saturated carbocycles. The topological polar surface area (TPSA) is 130 Å². The van der Waals surface area contributed by atoms with E-state index < -0.39 is 6.09 Å². The van der Waals surface area contributed by atoms with Gasteiger partial charge in [0.15, 0.2) is 0 Å². The van der Waals surface area contributed by atoms with Crippen LogP contribution in [0.3, 0.4) is 0 Å². The first-order chi connectivity index (χ1) is 20.3. The van der Waals surface area contributed by atoms with Crippen molar-refractivity contribution in [3.63, 3.8) is 0 Å². The van der Waals surface area contributed by atoms with Crippen molar-refractivity contribution in [1.29, 1.82) is 0 Å². The second-order valence-electron chi connectivity index (χ2n) is 9.86. The van der Waals surface area contributed by atoms with Gasteiger partial charge in [0.1, 0.15) is 0 Å². The molecule has 1 fully saturated rings. The van der Waals surface area contributed by atoms with Gasteiger partial charge in [-0.15, -0.1) is 0 Å². The molecule has 42 heavy (non-hydrogen) atoms. The van der Waals surface area contributed by atoms with Gasteiger partial charge in [-0.25, -0.2) is 9.78 Å². The quantitative estimate of drug-likeness (QED) is 0.183. The summed E-state index contributed by atoms with van der Waals surface area (Å²) in [6.45, 7) is 1.85. The van der Waals surface area contributed by atoms with Crippen LogP contribution < -0.4 is 20.7 Å². The van der Waals surface area contributed by atoms with E-state index in [4.69, 9.17) is 38.0 Å². The Morgan fingerprint density at radius 2 is 1.81 bits per heavy atom. The Balaban J connectivity index is 1.36. The summed E-state index contributed by atoms with van der Waals surface area (Å²) in [4.78, 5) is 26.9. The van der Waals surface area contributed by atoms with Gasteiger partial charge in [-0.3, -0.25) is 9.48 Å². The van der Waals surface area contributed by atoms with Crippen molar-refractivity contribution in [3.05, 3.63) is 76.5 Å². The average molecular weight is 610 g/mol. The van der Waals surface area contributed by atoms with E-state index in [0.29, 0.717) is 47.7 Å². The normalized spacial score (nSPS) is 14.5. The highest BCUT2D eigenvalue weighted by Crippen LogP contribution is 2.42. The van der Waals surface area contributed by atoms with Crippen molar-refractivity contribution >= 4 is 35.2 Å². The molecule has 1 aliphatic rings. The number of nitrogens with zero attached hydrogens (tertiary/aromatic N) is 3. The molecule has 1 aliphatic heterocycles. The van der Waals surface area contributed by atoms with E-state index in [1.165, 1.54) is 0 Å². The van der Waals surface area contributed by atoms with E-state index >= 15 is 0 Å². The molecule has 12 heteroatoms. The van der Waals surface area contributed by atoms with E-state index in [1.807, 2.05) is 54.7 Å². The van der Waals surface area contributed by atoms with Crippen LogP contribution in [0.25, 0.3) is 33.5 Å². The lowest BCUT2D eigenvalue weighted by molar-refractivity contribution is -0.119. The summed E-state index contributed by atoms with van der Waals surface area (Å²) in [5, 5.41) is 22.8. The number of carbonyl (C=O) groups excluding carboxylic acids is 1. The minimum absolute atomic E-state index is 0.0939. The van der Waals surface area contributed by atoms with E-state index in [0.717, 1.165) is 39.8 Å². The third kappa shape index (κ3) is 6.67. The lowest BCUT2D eigenvalue weighted by Crippen LogP contribution is -2.35. The standard InChI is InChI=1S/C30H30Cl2N6O4/c1-42-29-18(14-33-16-20-9-11-26(39)36-20)8-10-25(37-29)24-7-3-6-23(28(24)32)22-5-2-4-21(27(22)31)19-15-35-38(17-19)13-12-34-30(40)41/h2-8,10,15,17,20,33-34H,9,11-14,16H2,1H3,(H,36,39)(H,40,41)/t20-/m0/s1. The Hall–Kier alpha value is -4.12. The fourth-order valence-corrected chi connectivity index (χ4v) is 5.61. The Labute approximate surface area is 253 Å². The van der Waals surface area contributed by atoms with Crippen LogP contribution >= 0.6 is 23.2 Å². The first-order valence-corrected chi connectivity index (χ1v) is 14.2. The van der Waals surface area contributed by atoms with Crippen LogP contribution in [0.5, 0.6) is 5.88 Å². The minimum atomic E-state index is -1.08. The zero-order valence-corrected chi connectivity index (χ0v) is 24.4. The molecule has 1 saturated heterocycles. The van der Waals surface area contributed by atoms with Crippen LogP contribution in [0, 0.1) is 0 Å². The first kappa shape index (κ1) is 29.4. The average Bonchev–Trinajstić information content (AvgIpc) is 3.62. The van der Waals surface area contributed by atoms with E-state index in [-0.39, 0.29) is 18.5 Å². The van der Waals surface area contributed by atoms with Crippen LogP contribution in [-0.4, -0.2) is 58.1 Å². The zero-order valence-electron chi connectivity index (χ0n) is 22.9. The fourth-order valence-electron chi connectivity index (χ4n) is 4.95. The summed E-state index contributed by atoms with van der Waals surface area (Å²) in [7, 11) is 1.58. The van der Waals surface area contributed by atoms with Crippen molar-refractivity contribution in [2.24, 2.45) is 0 Å². The van der Waals surface area contributed by atoms with Crippen molar-refractivity contribution in [2.75, 3.05) is 20.2 Å². The molecule has 0 spiro atoms. The highest BCUT2D eigenvalue weighted by Gasteiger charge is 2.21. The highest BCUT2D eigenvalue weighted by atomic mass is 35.5. The van der Waals surface area contributed by atoms with E-state index in [2.05, 4.69) is 21.0 Å². The van der Waals surface area contributed by atoms with Crippen molar-refractivity contribution in [1.82, 2.24) is 30.7 Å². The maximum absolute atomic E-state index is 11.4. The van der Waals surface area contributed by atoms with Crippen molar-refractivity contribution < 1.29 is 19.4 Å². The predicted octanol–water partition coefficient (Wildman–Crippen LogP) is 5.23. The molecule has 218 valence electrons. The molecule has 2 aromatic heterocycles. The maximum Gasteiger partial charge on any atom is 0.404 e. The van der Waals surface area contributed by atoms with Crippen molar-refractivity contribution in [3.8, 4) is 39.4 Å². The molecule has 0 radical (unpaired) electrons. The SMILES string of the molecule is COc1nc(-c2cccc(-c3cccc(-c4cnn(CCNC(=O)O)c4)c3Cl)c2Cl)ccc1CNC[C@@H]1CCC(=O)N1. The Bertz CT molecular complexity index is 1610. The molecule has 5 rings (SSSR count). The molecular formula is C30H30Cl2N6O4. The molecule has 4 N–H and O–H groups in total. The third-order valence-corrected chi connectivity index (χ3v) is 7.86. The molecule has 0 bridgehead atoms. The number of amides is 2. The Morgan fingerprint density at radius 1 is 1.10 bits per heavy atom. The molecule has 1 atom stereocenters. The molecule has 3 heterocycles. The number of carboxylic acid groups (broad SMARTS) is 1. The van der Waals surface area contributed by atoms with Gasteiger partial charge in [0.25, 0.3) is 0 Å². The van der Waals surface area contributed by atoms with Crippen LogP contribution in [0.4, 0.5) is 4.79 Å². The fraction of sp³-hybridized carbons (Fsp3) is 0.267. The van der Waals surface area contributed by atoms with E-state index in [9.17, 15) is 9.59 Å². The summed E-state index contributed by atoms with van der Waals surface area (Å²) < 4.78 is 7.26. The highest BCUT2D eigenvalue weighted by molar-refractivity contribution is 6.39. The number of halogens is 2. The summed E-state index contributed by atoms with van der Waals surface area (Å²) in [5.41, 5.74) is 5.39. The van der Waals surface area contributed by atoms with Crippen LogP contribution in [0.2, 0.25) is 10.0 Å². The molecule has 0 aliphatic carbocycles. The van der Waals surface area contributed by atoms with Crippen LogP contribution in [0.1, 0.15) is 18.4 Å². The lowest BCUT2D eigenvalue weighted by Gasteiger charge is -2.15. The Kier molecular flexibility index (Phi) is 9.26. The van der Waals surface area contributed by atoms with Gasteiger partial charge in [0, 0.05) is 71.7 Å². The van der Waals surface area contributed by atoms with E-state index in [1.54, 1.807) is 18.0 Å². The molecule has 2 aromatic carbocycles. The van der Waals surface area contributed by atoms with Gasteiger partial charge in [-0.05, 0) is 12.5 Å².